The monoisotopic (exact) mass is 372 g/mol. The molecule has 2 aromatic rings. The number of nitrogens with one attached hydrogen (secondary N) is 2. The number of H-pyrrole nitrogens is 1. The van der Waals surface area contributed by atoms with Crippen LogP contribution in [0.15, 0.2) is 18.2 Å². The molecule has 1 amide bonds. The second-order valence-electron chi connectivity index (χ2n) is 6.23. The number of methoxy groups -OCH3 is 1. The van der Waals surface area contributed by atoms with Crippen molar-refractivity contribution >= 4 is 17.7 Å². The third-order valence-electron chi connectivity index (χ3n) is 4.44. The van der Waals surface area contributed by atoms with Crippen molar-refractivity contribution in [3.8, 4) is 5.75 Å². The number of hydrogen-bond acceptors (Lipinski definition) is 4. The number of hydrogen-bond donors (Lipinski definition) is 3. The molecule has 0 bridgehead atoms. The van der Waals surface area contributed by atoms with Crippen LogP contribution < -0.4 is 10.1 Å². The van der Waals surface area contributed by atoms with Gasteiger partial charge in [-0.05, 0) is 49.9 Å². The number of rotatable bonds is 8. The van der Waals surface area contributed by atoms with Gasteiger partial charge in [-0.2, -0.15) is 0 Å². The molecule has 27 heavy (non-hydrogen) atoms. The number of aromatic carboxylic acids is 1. The third kappa shape index (κ3) is 4.36. The zero-order valence-corrected chi connectivity index (χ0v) is 15.9. The van der Waals surface area contributed by atoms with Crippen LogP contribution >= 0.6 is 0 Å². The molecule has 1 aromatic heterocycles. The number of benzene rings is 1. The first-order valence-corrected chi connectivity index (χ1v) is 8.70. The van der Waals surface area contributed by atoms with E-state index in [2.05, 4.69) is 10.3 Å². The van der Waals surface area contributed by atoms with Gasteiger partial charge in [0, 0.05) is 17.8 Å². The highest BCUT2D eigenvalue weighted by molar-refractivity contribution is 6.02. The smallest absolute Gasteiger partial charge is 0.335 e. The minimum absolute atomic E-state index is 0.0668. The van der Waals surface area contributed by atoms with Gasteiger partial charge >= 0.3 is 5.97 Å². The van der Waals surface area contributed by atoms with Gasteiger partial charge in [0.2, 0.25) is 0 Å². The molecule has 0 fully saturated rings. The molecule has 0 radical (unpaired) electrons. The maximum atomic E-state index is 12.5. The van der Waals surface area contributed by atoms with Gasteiger partial charge in [-0.1, -0.05) is 13.0 Å². The van der Waals surface area contributed by atoms with Crippen molar-refractivity contribution in [1.29, 1.82) is 0 Å². The number of aromatic nitrogens is 1. The summed E-state index contributed by atoms with van der Waals surface area (Å²) in [5.74, 6) is -0.900. The molecule has 0 unspecified atom stereocenters. The van der Waals surface area contributed by atoms with Crippen LogP contribution in [0.1, 0.15) is 61.9 Å². The number of aryl methyl sites for hydroxylation is 1. The molecule has 1 heterocycles. The maximum Gasteiger partial charge on any atom is 0.335 e. The van der Waals surface area contributed by atoms with E-state index in [1.807, 2.05) is 6.92 Å². The van der Waals surface area contributed by atoms with Crippen molar-refractivity contribution in [3.05, 3.63) is 51.8 Å². The number of carboxylic acid groups (broad SMARTS) is 1. The number of ketones is 1. The summed E-state index contributed by atoms with van der Waals surface area (Å²) in [5.41, 5.74) is 3.34. The van der Waals surface area contributed by atoms with Crippen LogP contribution in [0.4, 0.5) is 0 Å². The SMILES string of the molecule is CCc1c(C(=O)NCCc2ccc(C(=O)O)cc2OC)[nH]c(C)c1C(C)=O. The number of aromatic amines is 1. The molecule has 0 aliphatic heterocycles. The van der Waals surface area contributed by atoms with Crippen molar-refractivity contribution in [2.75, 3.05) is 13.7 Å². The molecule has 0 aliphatic carbocycles. The van der Waals surface area contributed by atoms with E-state index in [0.717, 1.165) is 11.1 Å². The lowest BCUT2D eigenvalue weighted by Gasteiger charge is -2.10. The highest BCUT2D eigenvalue weighted by Crippen LogP contribution is 2.22. The van der Waals surface area contributed by atoms with Crippen LogP contribution in [-0.4, -0.2) is 41.4 Å². The van der Waals surface area contributed by atoms with Crippen molar-refractivity contribution in [1.82, 2.24) is 10.3 Å². The minimum atomic E-state index is -1.02. The lowest BCUT2D eigenvalue weighted by atomic mass is 10.0. The Morgan fingerprint density at radius 3 is 2.52 bits per heavy atom. The quantitative estimate of drug-likeness (QED) is 0.618. The van der Waals surface area contributed by atoms with Gasteiger partial charge in [-0.3, -0.25) is 9.59 Å². The molecule has 0 atom stereocenters. The summed E-state index contributed by atoms with van der Waals surface area (Å²) in [6.45, 7) is 5.52. The van der Waals surface area contributed by atoms with E-state index < -0.39 is 5.97 Å². The highest BCUT2D eigenvalue weighted by Gasteiger charge is 2.21. The summed E-state index contributed by atoms with van der Waals surface area (Å²) in [5, 5.41) is 11.9. The van der Waals surface area contributed by atoms with Crippen molar-refractivity contribution in [2.24, 2.45) is 0 Å². The van der Waals surface area contributed by atoms with Crippen LogP contribution in [0.2, 0.25) is 0 Å². The predicted octanol–water partition coefficient (Wildman–Crippen LogP) is 2.77. The van der Waals surface area contributed by atoms with Crippen molar-refractivity contribution in [2.45, 2.75) is 33.6 Å². The van der Waals surface area contributed by atoms with Gasteiger partial charge in [0.25, 0.3) is 5.91 Å². The molecule has 0 aliphatic rings. The third-order valence-corrected chi connectivity index (χ3v) is 4.44. The predicted molar refractivity (Wildman–Crippen MR) is 101 cm³/mol. The van der Waals surface area contributed by atoms with Crippen LogP contribution in [-0.2, 0) is 12.8 Å². The topological polar surface area (TPSA) is 108 Å². The Kier molecular flexibility index (Phi) is 6.39. The van der Waals surface area contributed by atoms with Gasteiger partial charge in [-0.15, -0.1) is 0 Å². The van der Waals surface area contributed by atoms with E-state index in [-0.39, 0.29) is 17.3 Å². The molecule has 2 rings (SSSR count). The first kappa shape index (κ1) is 20.2. The van der Waals surface area contributed by atoms with Gasteiger partial charge < -0.3 is 20.1 Å². The summed E-state index contributed by atoms with van der Waals surface area (Å²) in [4.78, 5) is 38.4. The summed E-state index contributed by atoms with van der Waals surface area (Å²) >= 11 is 0. The number of ether oxygens (including phenoxy) is 1. The molecule has 7 nitrogen and oxygen atoms in total. The van der Waals surface area contributed by atoms with E-state index in [1.165, 1.54) is 26.2 Å². The zero-order chi connectivity index (χ0) is 20.1. The second-order valence-corrected chi connectivity index (χ2v) is 6.23. The van der Waals surface area contributed by atoms with Crippen LogP contribution in [0.3, 0.4) is 0 Å². The summed E-state index contributed by atoms with van der Waals surface area (Å²) in [7, 11) is 1.47. The lowest BCUT2D eigenvalue weighted by Crippen LogP contribution is -2.27. The highest BCUT2D eigenvalue weighted by atomic mass is 16.5. The average Bonchev–Trinajstić information content (AvgIpc) is 2.98. The summed E-state index contributed by atoms with van der Waals surface area (Å²) in [6.07, 6.45) is 1.06. The zero-order valence-electron chi connectivity index (χ0n) is 15.9. The fourth-order valence-electron chi connectivity index (χ4n) is 3.18. The lowest BCUT2D eigenvalue weighted by molar-refractivity contribution is 0.0696. The molecule has 1 aromatic carbocycles. The first-order valence-electron chi connectivity index (χ1n) is 8.70. The number of carboxylic acids is 1. The fraction of sp³-hybridized carbons (Fsp3) is 0.350. The van der Waals surface area contributed by atoms with E-state index in [9.17, 15) is 14.4 Å². The Morgan fingerprint density at radius 2 is 1.96 bits per heavy atom. The van der Waals surface area contributed by atoms with E-state index in [4.69, 9.17) is 9.84 Å². The van der Waals surface area contributed by atoms with Crippen LogP contribution in [0.25, 0.3) is 0 Å². The normalized spacial score (nSPS) is 10.5. The Labute approximate surface area is 157 Å². The van der Waals surface area contributed by atoms with Crippen molar-refractivity contribution in [3.63, 3.8) is 0 Å². The fourth-order valence-corrected chi connectivity index (χ4v) is 3.18. The number of carbonyl (C=O) groups excluding carboxylic acids is 2. The van der Waals surface area contributed by atoms with Gasteiger partial charge in [0.1, 0.15) is 11.4 Å². The molecular weight excluding hydrogens is 348 g/mol. The Morgan fingerprint density at radius 1 is 1.26 bits per heavy atom. The molecular formula is C20H24N2O5. The molecule has 144 valence electrons. The molecule has 7 heteroatoms. The van der Waals surface area contributed by atoms with Crippen molar-refractivity contribution < 1.29 is 24.2 Å². The van der Waals surface area contributed by atoms with Gasteiger partial charge in [-0.25, -0.2) is 4.79 Å². The Bertz CT molecular complexity index is 883. The molecule has 3 N–H and O–H groups in total. The molecule has 0 saturated heterocycles. The largest absolute Gasteiger partial charge is 0.496 e. The van der Waals surface area contributed by atoms with Gasteiger partial charge in [0.05, 0.1) is 12.7 Å². The summed E-state index contributed by atoms with van der Waals surface area (Å²) < 4.78 is 5.24. The standard InChI is InChI=1S/C20H24N2O5/c1-5-15-17(12(3)23)11(2)22-18(15)19(24)21-9-8-13-6-7-14(20(25)26)10-16(13)27-4/h6-7,10,22H,5,8-9H2,1-4H3,(H,21,24)(H,25,26). The maximum absolute atomic E-state index is 12.5. The number of carbonyl (C=O) groups is 3. The summed E-state index contributed by atoms with van der Waals surface area (Å²) in [6, 6.07) is 4.64. The Hall–Kier alpha value is -3.09. The number of amides is 1. The Balaban J connectivity index is 2.10. The van der Waals surface area contributed by atoms with E-state index >= 15 is 0 Å². The average molecular weight is 372 g/mol. The van der Waals surface area contributed by atoms with Gasteiger partial charge in [0.15, 0.2) is 5.78 Å². The van der Waals surface area contributed by atoms with E-state index in [0.29, 0.717) is 42.1 Å². The van der Waals surface area contributed by atoms with Crippen LogP contribution in [0, 0.1) is 6.92 Å². The minimum Gasteiger partial charge on any atom is -0.496 e. The molecule has 0 spiro atoms. The first-order chi connectivity index (χ1) is 12.8. The number of Topliss-reactive ketones (excluding diaryl/α,β-unsaturated/α-hetero) is 1. The van der Waals surface area contributed by atoms with E-state index in [1.54, 1.807) is 13.0 Å². The van der Waals surface area contributed by atoms with Crippen LogP contribution in [0.5, 0.6) is 5.75 Å². The molecule has 0 saturated carbocycles. The second kappa shape index (κ2) is 8.53.